The third kappa shape index (κ3) is 4.25. The van der Waals surface area contributed by atoms with Crippen LogP contribution < -0.4 is 0 Å². The summed E-state index contributed by atoms with van der Waals surface area (Å²) in [5.41, 5.74) is 1.98. The third-order valence-corrected chi connectivity index (χ3v) is 5.26. The van der Waals surface area contributed by atoms with Crippen LogP contribution in [0.2, 0.25) is 0 Å². The Morgan fingerprint density at radius 2 is 1.71 bits per heavy atom. The molecule has 7 heteroatoms. The minimum Gasteiger partial charge on any atom is -0.360 e. The summed E-state index contributed by atoms with van der Waals surface area (Å²) in [6.45, 7) is 10.1. The van der Waals surface area contributed by atoms with Crippen molar-refractivity contribution in [2.45, 2.75) is 20.8 Å². The highest BCUT2D eigenvalue weighted by molar-refractivity contribution is 6.00. The van der Waals surface area contributed by atoms with Crippen molar-refractivity contribution >= 4 is 11.8 Å². The Hall–Kier alpha value is -2.67. The first-order valence-electron chi connectivity index (χ1n) is 9.86. The zero-order valence-corrected chi connectivity index (χ0v) is 16.9. The second kappa shape index (κ2) is 9.01. The number of benzene rings is 1. The molecule has 1 saturated heterocycles. The Kier molecular flexibility index (Phi) is 6.46. The van der Waals surface area contributed by atoms with Gasteiger partial charge < -0.3 is 14.3 Å². The summed E-state index contributed by atoms with van der Waals surface area (Å²) in [6.07, 6.45) is 0. The van der Waals surface area contributed by atoms with Crippen LogP contribution in [0.1, 0.15) is 30.0 Å². The molecule has 1 aliphatic rings. The smallest absolute Gasteiger partial charge is 0.259 e. The molecule has 28 heavy (non-hydrogen) atoms. The van der Waals surface area contributed by atoms with Crippen LogP contribution in [0.25, 0.3) is 11.3 Å². The summed E-state index contributed by atoms with van der Waals surface area (Å²) in [5, 5.41) is 4.11. The maximum atomic E-state index is 13.1. The molecule has 0 spiro atoms. The summed E-state index contributed by atoms with van der Waals surface area (Å²) in [6, 6.07) is 9.60. The van der Waals surface area contributed by atoms with Gasteiger partial charge in [0.05, 0.1) is 6.54 Å². The van der Waals surface area contributed by atoms with Crippen molar-refractivity contribution in [3.05, 3.63) is 41.7 Å². The summed E-state index contributed by atoms with van der Waals surface area (Å²) < 4.78 is 5.33. The number of amides is 2. The molecule has 2 amide bonds. The highest BCUT2D eigenvalue weighted by Gasteiger charge is 2.29. The van der Waals surface area contributed by atoms with E-state index >= 15 is 0 Å². The summed E-state index contributed by atoms with van der Waals surface area (Å²) >= 11 is 0. The second-order valence-corrected chi connectivity index (χ2v) is 6.96. The van der Waals surface area contributed by atoms with E-state index in [9.17, 15) is 9.59 Å². The van der Waals surface area contributed by atoms with E-state index in [0.717, 1.165) is 18.7 Å². The zero-order chi connectivity index (χ0) is 20.1. The van der Waals surface area contributed by atoms with Crippen LogP contribution in [-0.2, 0) is 4.79 Å². The van der Waals surface area contributed by atoms with Gasteiger partial charge in [0.25, 0.3) is 5.91 Å². The first-order chi connectivity index (χ1) is 13.5. The highest BCUT2D eigenvalue weighted by Crippen LogP contribution is 2.26. The Labute approximate surface area is 165 Å². The van der Waals surface area contributed by atoms with Crippen LogP contribution in [-0.4, -0.2) is 77.5 Å². The zero-order valence-electron chi connectivity index (χ0n) is 16.9. The van der Waals surface area contributed by atoms with Crippen LogP contribution in [0.5, 0.6) is 0 Å². The van der Waals surface area contributed by atoms with E-state index < -0.39 is 0 Å². The molecule has 2 heterocycles. The molecule has 0 bridgehead atoms. The lowest BCUT2D eigenvalue weighted by atomic mass is 10.0. The molecule has 150 valence electrons. The first kappa shape index (κ1) is 20.1. The van der Waals surface area contributed by atoms with E-state index in [2.05, 4.69) is 10.1 Å². The summed E-state index contributed by atoms with van der Waals surface area (Å²) in [5.74, 6) is 0.612. The maximum Gasteiger partial charge on any atom is 0.259 e. The number of hydrogen-bond acceptors (Lipinski definition) is 5. The van der Waals surface area contributed by atoms with E-state index in [-0.39, 0.29) is 11.8 Å². The predicted octanol–water partition coefficient (Wildman–Crippen LogP) is 2.28. The van der Waals surface area contributed by atoms with Gasteiger partial charge in [0.1, 0.15) is 17.0 Å². The molecule has 1 fully saturated rings. The SMILES string of the molecule is CCN(CC)C(=O)CN1CCN(C(=O)c2c(-c3ccccc3)noc2C)CC1. The number of likely N-dealkylation sites (N-methyl/N-ethyl adjacent to an activating group) is 1. The Morgan fingerprint density at radius 1 is 1.07 bits per heavy atom. The quantitative estimate of drug-likeness (QED) is 0.764. The fraction of sp³-hybridized carbons (Fsp3) is 0.476. The normalized spacial score (nSPS) is 14.9. The molecule has 1 aliphatic heterocycles. The monoisotopic (exact) mass is 384 g/mol. The van der Waals surface area contributed by atoms with E-state index in [1.807, 2.05) is 54.0 Å². The number of nitrogens with zero attached hydrogens (tertiary/aromatic N) is 4. The number of aromatic nitrogens is 1. The maximum absolute atomic E-state index is 13.1. The van der Waals surface area contributed by atoms with E-state index in [1.54, 1.807) is 6.92 Å². The standard InChI is InChI=1S/C21H28N4O3/c1-4-24(5-2)18(26)15-23-11-13-25(14-12-23)21(27)19-16(3)28-22-20(19)17-9-7-6-8-10-17/h6-10H,4-5,11-15H2,1-3H3. The molecule has 1 aromatic carbocycles. The topological polar surface area (TPSA) is 69.9 Å². The molecule has 0 aliphatic carbocycles. The van der Waals surface area contributed by atoms with Gasteiger partial charge in [-0.05, 0) is 20.8 Å². The van der Waals surface area contributed by atoms with Crippen LogP contribution in [0.3, 0.4) is 0 Å². The van der Waals surface area contributed by atoms with Crippen LogP contribution in [0, 0.1) is 6.92 Å². The molecule has 3 rings (SSSR count). The molecular weight excluding hydrogens is 356 g/mol. The fourth-order valence-corrected chi connectivity index (χ4v) is 3.55. The van der Waals surface area contributed by atoms with Crippen molar-refractivity contribution < 1.29 is 14.1 Å². The lowest BCUT2D eigenvalue weighted by Crippen LogP contribution is -2.51. The molecule has 0 N–H and O–H groups in total. The first-order valence-corrected chi connectivity index (χ1v) is 9.86. The molecule has 2 aromatic rings. The lowest BCUT2D eigenvalue weighted by molar-refractivity contribution is -0.132. The van der Waals surface area contributed by atoms with Gasteiger partial charge in [-0.2, -0.15) is 0 Å². The number of carbonyl (C=O) groups excluding carboxylic acids is 2. The molecular formula is C21H28N4O3. The Balaban J connectivity index is 1.65. The molecule has 7 nitrogen and oxygen atoms in total. The van der Waals surface area contributed by atoms with Gasteiger partial charge in [0, 0.05) is 44.8 Å². The van der Waals surface area contributed by atoms with Crippen LogP contribution >= 0.6 is 0 Å². The lowest BCUT2D eigenvalue weighted by Gasteiger charge is -2.35. The highest BCUT2D eigenvalue weighted by atomic mass is 16.5. The van der Waals surface area contributed by atoms with Crippen molar-refractivity contribution in [3.8, 4) is 11.3 Å². The second-order valence-electron chi connectivity index (χ2n) is 6.96. The molecule has 0 atom stereocenters. The van der Waals surface area contributed by atoms with Gasteiger partial charge in [-0.1, -0.05) is 35.5 Å². The van der Waals surface area contributed by atoms with Gasteiger partial charge >= 0.3 is 0 Å². The Bertz CT molecular complexity index is 806. The van der Waals surface area contributed by atoms with Crippen LogP contribution in [0.4, 0.5) is 0 Å². The number of piperazine rings is 1. The van der Waals surface area contributed by atoms with Crippen molar-refractivity contribution in [2.75, 3.05) is 45.8 Å². The average Bonchev–Trinajstić information content (AvgIpc) is 3.11. The largest absolute Gasteiger partial charge is 0.360 e. The molecule has 0 unspecified atom stereocenters. The van der Waals surface area contributed by atoms with Crippen molar-refractivity contribution in [3.63, 3.8) is 0 Å². The number of hydrogen-bond donors (Lipinski definition) is 0. The predicted molar refractivity (Wildman–Crippen MR) is 107 cm³/mol. The number of carbonyl (C=O) groups is 2. The average molecular weight is 384 g/mol. The van der Waals surface area contributed by atoms with Gasteiger partial charge in [-0.3, -0.25) is 14.5 Å². The van der Waals surface area contributed by atoms with Crippen molar-refractivity contribution in [1.29, 1.82) is 0 Å². The molecule has 0 radical (unpaired) electrons. The van der Waals surface area contributed by atoms with E-state index in [1.165, 1.54) is 0 Å². The minimum atomic E-state index is -0.0627. The van der Waals surface area contributed by atoms with Gasteiger partial charge in [-0.15, -0.1) is 0 Å². The van der Waals surface area contributed by atoms with Gasteiger partial charge in [0.2, 0.25) is 5.91 Å². The minimum absolute atomic E-state index is 0.0627. The van der Waals surface area contributed by atoms with Gasteiger partial charge in [0.15, 0.2) is 0 Å². The van der Waals surface area contributed by atoms with E-state index in [0.29, 0.717) is 49.7 Å². The Morgan fingerprint density at radius 3 is 2.32 bits per heavy atom. The summed E-state index contributed by atoms with van der Waals surface area (Å²) in [7, 11) is 0. The fourth-order valence-electron chi connectivity index (χ4n) is 3.55. The molecule has 0 saturated carbocycles. The molecule has 1 aromatic heterocycles. The third-order valence-electron chi connectivity index (χ3n) is 5.26. The number of aryl methyl sites for hydroxylation is 1. The number of rotatable bonds is 6. The van der Waals surface area contributed by atoms with Gasteiger partial charge in [-0.25, -0.2) is 0 Å². The van der Waals surface area contributed by atoms with E-state index in [4.69, 9.17) is 4.52 Å². The van der Waals surface area contributed by atoms with Crippen molar-refractivity contribution in [1.82, 2.24) is 19.9 Å². The summed E-state index contributed by atoms with van der Waals surface area (Å²) in [4.78, 5) is 31.2. The van der Waals surface area contributed by atoms with Crippen molar-refractivity contribution in [2.24, 2.45) is 0 Å². The van der Waals surface area contributed by atoms with Crippen LogP contribution in [0.15, 0.2) is 34.9 Å².